The van der Waals surface area contributed by atoms with Crippen LogP contribution in [0.3, 0.4) is 0 Å². The van der Waals surface area contributed by atoms with Crippen LogP contribution in [0, 0.1) is 0 Å². The summed E-state index contributed by atoms with van der Waals surface area (Å²) in [5.41, 5.74) is 0.819. The fraction of sp³-hybridized carbons (Fsp3) is 0.500. The average Bonchev–Trinajstić information content (AvgIpc) is 2.89. The Bertz CT molecular complexity index is 445. The number of hydrogen-bond acceptors (Lipinski definition) is 3. The van der Waals surface area contributed by atoms with Crippen LogP contribution in [0.2, 0.25) is 5.02 Å². The molecule has 0 aliphatic carbocycles. The summed E-state index contributed by atoms with van der Waals surface area (Å²) < 4.78 is 5.24. The van der Waals surface area contributed by atoms with Gasteiger partial charge in [-0.2, -0.15) is 0 Å². The number of ether oxygens (including phenoxy) is 1. The number of halogens is 1. The Labute approximate surface area is 118 Å². The van der Waals surface area contributed by atoms with E-state index in [0.29, 0.717) is 29.8 Å². The molecule has 4 nitrogen and oxygen atoms in total. The van der Waals surface area contributed by atoms with E-state index in [1.165, 1.54) is 0 Å². The van der Waals surface area contributed by atoms with Gasteiger partial charge in [0.05, 0.1) is 7.11 Å². The van der Waals surface area contributed by atoms with Crippen molar-refractivity contribution in [1.29, 1.82) is 0 Å². The van der Waals surface area contributed by atoms with Crippen LogP contribution < -0.4 is 15.4 Å². The lowest BCUT2D eigenvalue weighted by atomic mass is 10.1. The highest BCUT2D eigenvalue weighted by molar-refractivity contribution is 6.31. The SMILES string of the molecule is COc1cccc(Cl)c1CNC(=O)CC1CCCN1. The Morgan fingerprint density at radius 1 is 1.58 bits per heavy atom. The summed E-state index contributed by atoms with van der Waals surface area (Å²) in [4.78, 5) is 11.8. The second-order valence-electron chi connectivity index (χ2n) is 4.69. The van der Waals surface area contributed by atoms with Gasteiger partial charge in [-0.05, 0) is 31.5 Å². The molecule has 104 valence electrons. The maximum absolute atomic E-state index is 11.8. The van der Waals surface area contributed by atoms with Crippen LogP contribution in [-0.4, -0.2) is 25.6 Å². The summed E-state index contributed by atoms with van der Waals surface area (Å²) in [5.74, 6) is 0.744. The molecule has 1 heterocycles. The third-order valence-electron chi connectivity index (χ3n) is 3.35. The van der Waals surface area contributed by atoms with Gasteiger partial charge in [0.25, 0.3) is 0 Å². The van der Waals surface area contributed by atoms with Crippen molar-refractivity contribution in [1.82, 2.24) is 10.6 Å². The molecule has 0 spiro atoms. The molecule has 0 radical (unpaired) electrons. The molecule has 19 heavy (non-hydrogen) atoms. The van der Waals surface area contributed by atoms with Crippen LogP contribution in [0.5, 0.6) is 5.75 Å². The number of methoxy groups -OCH3 is 1. The quantitative estimate of drug-likeness (QED) is 0.870. The van der Waals surface area contributed by atoms with Gasteiger partial charge in [0.2, 0.25) is 5.91 Å². The maximum Gasteiger partial charge on any atom is 0.221 e. The van der Waals surface area contributed by atoms with Gasteiger partial charge in [-0.1, -0.05) is 17.7 Å². The van der Waals surface area contributed by atoms with Crippen LogP contribution in [0.25, 0.3) is 0 Å². The molecule has 5 heteroatoms. The largest absolute Gasteiger partial charge is 0.496 e. The lowest BCUT2D eigenvalue weighted by molar-refractivity contribution is -0.121. The molecule has 1 amide bonds. The van der Waals surface area contributed by atoms with E-state index >= 15 is 0 Å². The van der Waals surface area contributed by atoms with E-state index < -0.39 is 0 Å². The highest BCUT2D eigenvalue weighted by Gasteiger charge is 2.18. The minimum atomic E-state index is 0.0429. The predicted molar refractivity (Wildman–Crippen MR) is 75.5 cm³/mol. The fourth-order valence-corrected chi connectivity index (χ4v) is 2.55. The van der Waals surface area contributed by atoms with Gasteiger partial charge >= 0.3 is 0 Å². The first-order chi connectivity index (χ1) is 9.20. The van der Waals surface area contributed by atoms with E-state index in [0.717, 1.165) is 24.9 Å². The number of carbonyl (C=O) groups excluding carboxylic acids is 1. The Hall–Kier alpha value is -1.26. The van der Waals surface area contributed by atoms with Gasteiger partial charge in [0.15, 0.2) is 0 Å². The molecule has 1 aliphatic heterocycles. The van der Waals surface area contributed by atoms with Crippen molar-refractivity contribution in [2.45, 2.75) is 31.8 Å². The molecule has 1 saturated heterocycles. The minimum Gasteiger partial charge on any atom is -0.496 e. The second-order valence-corrected chi connectivity index (χ2v) is 5.10. The normalized spacial score (nSPS) is 18.3. The molecule has 1 aromatic carbocycles. The van der Waals surface area contributed by atoms with E-state index in [1.807, 2.05) is 12.1 Å². The number of benzene rings is 1. The van der Waals surface area contributed by atoms with Crippen LogP contribution in [0.1, 0.15) is 24.8 Å². The van der Waals surface area contributed by atoms with Crippen molar-refractivity contribution in [2.75, 3.05) is 13.7 Å². The molecule has 1 aliphatic rings. The number of amides is 1. The lowest BCUT2D eigenvalue weighted by Crippen LogP contribution is -2.31. The molecule has 1 atom stereocenters. The first-order valence-electron chi connectivity index (χ1n) is 6.52. The summed E-state index contributed by atoms with van der Waals surface area (Å²) in [6.45, 7) is 1.41. The smallest absolute Gasteiger partial charge is 0.221 e. The Morgan fingerprint density at radius 2 is 2.42 bits per heavy atom. The summed E-state index contributed by atoms with van der Waals surface area (Å²) in [5, 5.41) is 6.82. The molecule has 0 saturated carbocycles. The molecule has 0 bridgehead atoms. The summed E-state index contributed by atoms with van der Waals surface area (Å²) in [6.07, 6.45) is 2.74. The van der Waals surface area contributed by atoms with E-state index in [9.17, 15) is 4.79 Å². The predicted octanol–water partition coefficient (Wildman–Crippen LogP) is 2.11. The molecule has 2 N–H and O–H groups in total. The van der Waals surface area contributed by atoms with Crippen molar-refractivity contribution >= 4 is 17.5 Å². The van der Waals surface area contributed by atoms with Crippen LogP contribution in [0.4, 0.5) is 0 Å². The third kappa shape index (κ3) is 3.85. The zero-order chi connectivity index (χ0) is 13.7. The first-order valence-corrected chi connectivity index (χ1v) is 6.90. The molecular formula is C14H19ClN2O2. The van der Waals surface area contributed by atoms with Crippen molar-refractivity contribution in [3.8, 4) is 5.75 Å². The van der Waals surface area contributed by atoms with Crippen molar-refractivity contribution < 1.29 is 9.53 Å². The molecular weight excluding hydrogens is 264 g/mol. The Morgan fingerprint density at radius 3 is 3.11 bits per heavy atom. The number of carbonyl (C=O) groups is 1. The highest BCUT2D eigenvalue weighted by atomic mass is 35.5. The van der Waals surface area contributed by atoms with Crippen LogP contribution in [-0.2, 0) is 11.3 Å². The molecule has 2 rings (SSSR count). The van der Waals surface area contributed by atoms with E-state index in [-0.39, 0.29) is 5.91 Å². The fourth-order valence-electron chi connectivity index (χ4n) is 2.32. The summed E-state index contributed by atoms with van der Waals surface area (Å²) >= 11 is 6.12. The standard InChI is InChI=1S/C14H19ClN2O2/c1-19-13-6-2-5-12(15)11(13)9-17-14(18)8-10-4-3-7-16-10/h2,5-6,10,16H,3-4,7-9H2,1H3,(H,17,18). The third-order valence-corrected chi connectivity index (χ3v) is 3.71. The number of hydrogen-bond donors (Lipinski definition) is 2. The van der Waals surface area contributed by atoms with Crippen molar-refractivity contribution in [2.24, 2.45) is 0 Å². The number of rotatable bonds is 5. The van der Waals surface area contributed by atoms with Gasteiger partial charge in [0, 0.05) is 29.6 Å². The summed E-state index contributed by atoms with van der Waals surface area (Å²) in [6, 6.07) is 5.78. The van der Waals surface area contributed by atoms with Gasteiger partial charge in [-0.15, -0.1) is 0 Å². The van der Waals surface area contributed by atoms with Gasteiger partial charge in [0.1, 0.15) is 5.75 Å². The highest BCUT2D eigenvalue weighted by Crippen LogP contribution is 2.25. The molecule has 1 aromatic rings. The van der Waals surface area contributed by atoms with E-state index in [4.69, 9.17) is 16.3 Å². The summed E-state index contributed by atoms with van der Waals surface area (Å²) in [7, 11) is 1.60. The van der Waals surface area contributed by atoms with Gasteiger partial charge in [-0.25, -0.2) is 0 Å². The zero-order valence-electron chi connectivity index (χ0n) is 11.0. The minimum absolute atomic E-state index is 0.0429. The second kappa shape index (κ2) is 6.78. The molecule has 1 unspecified atom stereocenters. The van der Waals surface area contributed by atoms with Crippen molar-refractivity contribution in [3.63, 3.8) is 0 Å². The zero-order valence-corrected chi connectivity index (χ0v) is 11.8. The average molecular weight is 283 g/mol. The maximum atomic E-state index is 11.8. The van der Waals surface area contributed by atoms with Crippen molar-refractivity contribution in [3.05, 3.63) is 28.8 Å². The van der Waals surface area contributed by atoms with E-state index in [1.54, 1.807) is 13.2 Å². The first kappa shape index (κ1) is 14.2. The Kier molecular flexibility index (Phi) is 5.05. The number of nitrogens with one attached hydrogen (secondary N) is 2. The van der Waals surface area contributed by atoms with Crippen LogP contribution in [0.15, 0.2) is 18.2 Å². The van der Waals surface area contributed by atoms with Gasteiger partial charge < -0.3 is 15.4 Å². The van der Waals surface area contributed by atoms with Crippen LogP contribution >= 0.6 is 11.6 Å². The molecule has 0 aromatic heterocycles. The topological polar surface area (TPSA) is 50.4 Å². The van der Waals surface area contributed by atoms with Gasteiger partial charge in [-0.3, -0.25) is 4.79 Å². The lowest BCUT2D eigenvalue weighted by Gasteiger charge is -2.13. The van der Waals surface area contributed by atoms with E-state index in [2.05, 4.69) is 10.6 Å². The molecule has 1 fully saturated rings. The Balaban J connectivity index is 1.89. The monoisotopic (exact) mass is 282 g/mol.